The minimum absolute atomic E-state index is 0.0194. The Bertz CT molecular complexity index is 1190. The molecule has 3 aromatic rings. The summed E-state index contributed by atoms with van der Waals surface area (Å²) in [6.45, 7) is 5.90. The highest BCUT2D eigenvalue weighted by atomic mass is 16.3. The topological polar surface area (TPSA) is 92.1 Å². The van der Waals surface area contributed by atoms with Crippen molar-refractivity contribution in [3.05, 3.63) is 54.0 Å². The minimum atomic E-state index is -0.521. The average molecular weight is 446 g/mol. The fraction of sp³-hybridized carbons (Fsp3) is 0.423. The van der Waals surface area contributed by atoms with Gasteiger partial charge in [0.05, 0.1) is 24.4 Å². The van der Waals surface area contributed by atoms with Gasteiger partial charge in [-0.1, -0.05) is 6.07 Å². The minimum Gasteiger partial charge on any atom is -0.394 e. The predicted molar refractivity (Wildman–Crippen MR) is 129 cm³/mol. The molecule has 0 spiro atoms. The molecule has 2 aliphatic carbocycles. The molecule has 0 saturated heterocycles. The van der Waals surface area contributed by atoms with Crippen molar-refractivity contribution in [2.45, 2.75) is 64.1 Å². The molecule has 1 amide bonds. The van der Waals surface area contributed by atoms with Gasteiger partial charge in [0.1, 0.15) is 5.82 Å². The third-order valence-corrected chi connectivity index (χ3v) is 6.30. The van der Waals surface area contributed by atoms with Gasteiger partial charge in [-0.15, -0.1) is 0 Å². The monoisotopic (exact) mass is 445 g/mol. The van der Waals surface area contributed by atoms with Crippen LogP contribution < -0.4 is 10.6 Å². The van der Waals surface area contributed by atoms with E-state index in [0.717, 1.165) is 53.5 Å². The summed E-state index contributed by atoms with van der Waals surface area (Å²) < 4.78 is 2.02. The van der Waals surface area contributed by atoms with Crippen LogP contribution in [-0.4, -0.2) is 44.0 Å². The first-order valence-electron chi connectivity index (χ1n) is 11.7. The van der Waals surface area contributed by atoms with E-state index in [9.17, 15) is 9.90 Å². The second-order valence-electron chi connectivity index (χ2n) is 10.0. The molecule has 2 aliphatic rings. The summed E-state index contributed by atoms with van der Waals surface area (Å²) in [6.07, 6.45) is 10.2. The van der Waals surface area contributed by atoms with Crippen molar-refractivity contribution in [1.29, 1.82) is 0 Å². The fourth-order valence-electron chi connectivity index (χ4n) is 3.88. The van der Waals surface area contributed by atoms with E-state index in [1.165, 1.54) is 0 Å². The summed E-state index contributed by atoms with van der Waals surface area (Å²) in [5.41, 5.74) is 5.04. The molecule has 0 unspecified atom stereocenters. The molecule has 2 saturated carbocycles. The summed E-state index contributed by atoms with van der Waals surface area (Å²) in [7, 11) is 0. The van der Waals surface area contributed by atoms with Crippen molar-refractivity contribution in [3.63, 3.8) is 0 Å². The summed E-state index contributed by atoms with van der Waals surface area (Å²) in [5.74, 6) is 0.675. The molecule has 2 fully saturated rings. The van der Waals surface area contributed by atoms with Crippen LogP contribution in [0.4, 0.5) is 5.82 Å². The number of pyridine rings is 1. The Morgan fingerprint density at radius 3 is 2.61 bits per heavy atom. The van der Waals surface area contributed by atoms with Gasteiger partial charge < -0.3 is 15.7 Å². The maximum atomic E-state index is 12.6. The summed E-state index contributed by atoms with van der Waals surface area (Å²) in [5, 5.41) is 20.8. The Balaban J connectivity index is 1.54. The quantitative estimate of drug-likeness (QED) is 0.480. The van der Waals surface area contributed by atoms with Gasteiger partial charge in [-0.2, -0.15) is 5.10 Å². The number of carbonyl (C=O) groups excluding carboxylic acids is 1. The maximum absolute atomic E-state index is 12.6. The number of aryl methyl sites for hydroxylation is 1. The molecule has 1 aromatic carbocycles. The molecule has 0 bridgehead atoms. The highest BCUT2D eigenvalue weighted by Crippen LogP contribution is 2.38. The van der Waals surface area contributed by atoms with Crippen LogP contribution in [0.15, 0.2) is 42.9 Å². The molecule has 0 aliphatic heterocycles. The second-order valence-corrected chi connectivity index (χ2v) is 10.0. The van der Waals surface area contributed by atoms with Gasteiger partial charge in [0, 0.05) is 40.7 Å². The smallest absolute Gasteiger partial charge is 0.251 e. The molecule has 0 atom stereocenters. The van der Waals surface area contributed by atoms with Gasteiger partial charge in [0.2, 0.25) is 0 Å². The molecule has 2 heterocycles. The maximum Gasteiger partial charge on any atom is 0.251 e. The van der Waals surface area contributed by atoms with Gasteiger partial charge in [-0.25, -0.2) is 4.98 Å². The van der Waals surface area contributed by atoms with E-state index in [-0.39, 0.29) is 12.5 Å². The van der Waals surface area contributed by atoms with E-state index in [4.69, 9.17) is 4.98 Å². The number of aromatic nitrogens is 3. The summed E-state index contributed by atoms with van der Waals surface area (Å²) in [6, 6.07) is 8.73. The van der Waals surface area contributed by atoms with Crippen LogP contribution in [0.1, 0.15) is 61.5 Å². The van der Waals surface area contributed by atoms with Crippen LogP contribution in [0.5, 0.6) is 0 Å². The van der Waals surface area contributed by atoms with Gasteiger partial charge in [-0.05, 0) is 75.8 Å². The van der Waals surface area contributed by atoms with Crippen LogP contribution in [0.2, 0.25) is 0 Å². The Morgan fingerprint density at radius 1 is 1.12 bits per heavy atom. The lowest BCUT2D eigenvalue weighted by molar-refractivity contribution is 0.0951. The molecule has 33 heavy (non-hydrogen) atoms. The van der Waals surface area contributed by atoms with Gasteiger partial charge in [0.25, 0.3) is 5.91 Å². The normalized spacial score (nSPS) is 16.0. The Morgan fingerprint density at radius 2 is 1.91 bits per heavy atom. The van der Waals surface area contributed by atoms with Crippen molar-refractivity contribution in [3.8, 4) is 22.3 Å². The molecule has 7 nitrogen and oxygen atoms in total. The number of benzene rings is 1. The largest absolute Gasteiger partial charge is 0.394 e. The lowest BCUT2D eigenvalue weighted by atomic mass is 9.96. The lowest BCUT2D eigenvalue weighted by Gasteiger charge is -2.26. The number of hydrogen-bond acceptors (Lipinski definition) is 5. The van der Waals surface area contributed by atoms with E-state index >= 15 is 0 Å². The van der Waals surface area contributed by atoms with E-state index in [1.54, 1.807) is 0 Å². The van der Waals surface area contributed by atoms with E-state index < -0.39 is 5.54 Å². The van der Waals surface area contributed by atoms with Crippen LogP contribution in [0.3, 0.4) is 0 Å². The third kappa shape index (κ3) is 4.78. The molecule has 0 radical (unpaired) electrons. The highest BCUT2D eigenvalue weighted by Gasteiger charge is 2.26. The summed E-state index contributed by atoms with van der Waals surface area (Å²) >= 11 is 0. The van der Waals surface area contributed by atoms with Crippen molar-refractivity contribution < 1.29 is 9.90 Å². The number of nitrogens with zero attached hydrogens (tertiary/aromatic N) is 3. The number of nitrogens with one attached hydrogen (secondary N) is 2. The lowest BCUT2D eigenvalue weighted by Crippen LogP contribution is -2.35. The Labute approximate surface area is 194 Å². The fourth-order valence-corrected chi connectivity index (χ4v) is 3.88. The third-order valence-electron chi connectivity index (χ3n) is 6.30. The number of carbonyl (C=O) groups is 1. The van der Waals surface area contributed by atoms with Gasteiger partial charge in [-0.3, -0.25) is 9.48 Å². The first kappa shape index (κ1) is 21.6. The number of hydrogen-bond donors (Lipinski definition) is 3. The molecule has 3 N–H and O–H groups in total. The summed E-state index contributed by atoms with van der Waals surface area (Å²) in [4.78, 5) is 17.4. The number of anilines is 1. The van der Waals surface area contributed by atoms with E-state index in [0.29, 0.717) is 23.5 Å². The molecule has 172 valence electrons. The van der Waals surface area contributed by atoms with Crippen molar-refractivity contribution in [2.24, 2.45) is 0 Å². The number of amides is 1. The average Bonchev–Trinajstić information content (AvgIpc) is 3.74. The van der Waals surface area contributed by atoms with Crippen LogP contribution in [0, 0.1) is 6.92 Å². The predicted octanol–water partition coefficient (Wildman–Crippen LogP) is 4.33. The van der Waals surface area contributed by atoms with Crippen molar-refractivity contribution in [1.82, 2.24) is 20.1 Å². The Hall–Kier alpha value is -3.19. The van der Waals surface area contributed by atoms with E-state index in [2.05, 4.69) is 28.0 Å². The van der Waals surface area contributed by atoms with Crippen LogP contribution in [-0.2, 0) is 0 Å². The molecular formula is C26H31N5O2. The second kappa shape index (κ2) is 8.30. The standard InChI is InChI=1S/C26H31N5O2/c1-16-4-5-17(25(33)29-20-6-7-20)10-22(16)18-11-23(19-13-28-31(14-19)21-8-9-21)24(27-12-18)30-26(2,3)15-32/h4-5,10-14,20-21,32H,6-9,15H2,1-3H3,(H,27,30)(H,29,33). The SMILES string of the molecule is Cc1ccc(C(=O)NC2CC2)cc1-c1cnc(NC(C)(C)CO)c(-c2cnn(C3CC3)c2)c1. The van der Waals surface area contributed by atoms with Gasteiger partial charge in [0.15, 0.2) is 0 Å². The van der Waals surface area contributed by atoms with Crippen LogP contribution >= 0.6 is 0 Å². The van der Waals surface area contributed by atoms with Gasteiger partial charge >= 0.3 is 0 Å². The molecular weight excluding hydrogens is 414 g/mol. The first-order valence-corrected chi connectivity index (χ1v) is 11.7. The zero-order valence-corrected chi connectivity index (χ0v) is 19.4. The zero-order valence-electron chi connectivity index (χ0n) is 19.4. The highest BCUT2D eigenvalue weighted by molar-refractivity contribution is 5.96. The molecule has 2 aromatic heterocycles. The molecule has 5 rings (SSSR count). The zero-order chi connectivity index (χ0) is 23.2. The van der Waals surface area contributed by atoms with Crippen LogP contribution in [0.25, 0.3) is 22.3 Å². The molecule has 7 heteroatoms. The van der Waals surface area contributed by atoms with E-state index in [1.807, 2.05) is 56.0 Å². The number of aliphatic hydroxyl groups is 1. The Kier molecular flexibility index (Phi) is 5.44. The first-order chi connectivity index (χ1) is 15.8. The van der Waals surface area contributed by atoms with Crippen molar-refractivity contribution >= 4 is 11.7 Å². The number of aliphatic hydroxyl groups excluding tert-OH is 1. The van der Waals surface area contributed by atoms with Crippen molar-refractivity contribution in [2.75, 3.05) is 11.9 Å². The number of rotatable bonds is 8.